The summed E-state index contributed by atoms with van der Waals surface area (Å²) in [5.74, 6) is 0.895. The van der Waals surface area contributed by atoms with Gasteiger partial charge >= 0.3 is 6.01 Å². The van der Waals surface area contributed by atoms with E-state index in [2.05, 4.69) is 28.4 Å². The molecule has 2 saturated heterocycles. The maximum Gasteiger partial charge on any atom is 0.319 e. The number of amides is 1. The molecule has 0 saturated carbocycles. The summed E-state index contributed by atoms with van der Waals surface area (Å²) in [6, 6.07) is 11.6. The molecule has 3 atom stereocenters. The topological polar surface area (TPSA) is 96.7 Å². The summed E-state index contributed by atoms with van der Waals surface area (Å²) in [7, 11) is 2.09. The second kappa shape index (κ2) is 11.6. The van der Waals surface area contributed by atoms with E-state index in [1.54, 1.807) is 16.4 Å². The molecule has 0 aliphatic carbocycles. The Balaban J connectivity index is 1.52. The van der Waals surface area contributed by atoms with Crippen LogP contribution in [0, 0.1) is 6.92 Å². The lowest BCUT2D eigenvalue weighted by Gasteiger charge is -2.45. The molecule has 10 nitrogen and oxygen atoms in total. The Morgan fingerprint density at radius 1 is 1.09 bits per heavy atom. The van der Waals surface area contributed by atoms with Gasteiger partial charge in [0.15, 0.2) is 11.3 Å². The minimum Gasteiger partial charge on any atom is -0.462 e. The van der Waals surface area contributed by atoms with Crippen molar-refractivity contribution in [3.05, 3.63) is 70.3 Å². The zero-order chi connectivity index (χ0) is 30.4. The first-order valence-corrected chi connectivity index (χ1v) is 15.1. The number of hydrogen-bond donors (Lipinski definition) is 0. The molecule has 0 bridgehead atoms. The normalized spacial score (nSPS) is 21.1. The van der Waals surface area contributed by atoms with Gasteiger partial charge in [-0.25, -0.2) is 4.98 Å². The standard InChI is InChI=1S/C32H36ClN7O3/c1-6-26(41)38-16-19(2)39(20(3)17-38)30-28-29(35-32(36-30)43-18-23-12-9-15-37(23)5)31(42)40(21(4)34-28)25-14-8-11-22-10-7-13-24(33)27(22)25/h6-8,10-11,13-14,19-20,23H,1,9,12,15-18H2,2-5H3/t19-,20-,23?/m0/s1. The predicted octanol–water partition coefficient (Wildman–Crippen LogP) is 4.38. The predicted molar refractivity (Wildman–Crippen MR) is 170 cm³/mol. The Morgan fingerprint density at radius 3 is 2.49 bits per heavy atom. The van der Waals surface area contributed by atoms with Crippen LogP contribution < -0.4 is 15.2 Å². The summed E-state index contributed by atoms with van der Waals surface area (Å²) in [4.78, 5) is 47.5. The number of aromatic nitrogens is 4. The number of likely N-dealkylation sites (tertiary alicyclic amines) is 1. The second-order valence-electron chi connectivity index (χ2n) is 11.6. The fraction of sp³-hybridized carbons (Fsp3) is 0.406. The van der Waals surface area contributed by atoms with Crippen LogP contribution in [0.3, 0.4) is 0 Å². The average molecular weight is 602 g/mol. The van der Waals surface area contributed by atoms with Crippen LogP contribution in [0.25, 0.3) is 27.5 Å². The van der Waals surface area contributed by atoms with Crippen LogP contribution in [0.5, 0.6) is 6.01 Å². The summed E-state index contributed by atoms with van der Waals surface area (Å²) in [5.41, 5.74) is 0.867. The first-order valence-electron chi connectivity index (χ1n) is 14.7. The van der Waals surface area contributed by atoms with E-state index in [-0.39, 0.29) is 41.1 Å². The van der Waals surface area contributed by atoms with Crippen molar-refractivity contribution in [1.29, 1.82) is 0 Å². The number of likely N-dealkylation sites (N-methyl/N-ethyl adjacent to an activating group) is 1. The molecule has 6 rings (SSSR count). The first-order chi connectivity index (χ1) is 20.7. The minimum absolute atomic E-state index is 0.110. The van der Waals surface area contributed by atoms with Crippen molar-refractivity contribution >= 4 is 45.1 Å². The third-order valence-corrected chi connectivity index (χ3v) is 8.96. The lowest BCUT2D eigenvalue weighted by molar-refractivity contribution is -0.127. The molecule has 4 aromatic rings. The van der Waals surface area contributed by atoms with Crippen molar-refractivity contribution in [2.24, 2.45) is 0 Å². The number of halogens is 1. The molecule has 0 radical (unpaired) electrons. The zero-order valence-electron chi connectivity index (χ0n) is 25.0. The van der Waals surface area contributed by atoms with Crippen LogP contribution in [-0.2, 0) is 4.79 Å². The van der Waals surface area contributed by atoms with Crippen LogP contribution >= 0.6 is 11.6 Å². The zero-order valence-corrected chi connectivity index (χ0v) is 25.7. The number of nitrogens with zero attached hydrogens (tertiary/aromatic N) is 7. The van der Waals surface area contributed by atoms with Gasteiger partial charge < -0.3 is 19.4 Å². The molecule has 43 heavy (non-hydrogen) atoms. The number of hydrogen-bond acceptors (Lipinski definition) is 8. The van der Waals surface area contributed by atoms with Crippen LogP contribution in [0.2, 0.25) is 5.02 Å². The highest BCUT2D eigenvalue weighted by atomic mass is 35.5. The van der Waals surface area contributed by atoms with Gasteiger partial charge in [-0.1, -0.05) is 42.4 Å². The number of carbonyl (C=O) groups excluding carboxylic acids is 1. The lowest BCUT2D eigenvalue weighted by atomic mass is 10.1. The van der Waals surface area contributed by atoms with Crippen molar-refractivity contribution < 1.29 is 9.53 Å². The molecule has 2 aromatic heterocycles. The Labute approximate surface area is 255 Å². The molecule has 0 spiro atoms. The second-order valence-corrected chi connectivity index (χ2v) is 12.0. The molecule has 2 aliphatic heterocycles. The molecule has 4 heterocycles. The van der Waals surface area contributed by atoms with Gasteiger partial charge in [-0.3, -0.25) is 14.2 Å². The van der Waals surface area contributed by atoms with E-state index in [1.807, 2.05) is 50.2 Å². The minimum atomic E-state index is -0.331. The SMILES string of the molecule is C=CC(=O)N1C[C@H](C)N(c2nc(OCC3CCCN3C)nc3c(=O)n(-c4cccc5cccc(Cl)c45)c(C)nc23)[C@@H](C)C1. The Hall–Kier alpha value is -4.02. The molecule has 1 unspecified atom stereocenters. The van der Waals surface area contributed by atoms with Crippen LogP contribution in [0.15, 0.2) is 53.8 Å². The Bertz CT molecular complexity index is 1770. The highest BCUT2D eigenvalue weighted by Crippen LogP contribution is 2.32. The van der Waals surface area contributed by atoms with E-state index in [0.29, 0.717) is 47.6 Å². The summed E-state index contributed by atoms with van der Waals surface area (Å²) in [6.07, 6.45) is 3.48. The van der Waals surface area contributed by atoms with Gasteiger partial charge in [-0.2, -0.15) is 9.97 Å². The average Bonchev–Trinajstić information content (AvgIpc) is 3.40. The van der Waals surface area contributed by atoms with E-state index >= 15 is 0 Å². The highest BCUT2D eigenvalue weighted by Gasteiger charge is 2.35. The van der Waals surface area contributed by atoms with E-state index in [9.17, 15) is 9.59 Å². The van der Waals surface area contributed by atoms with Crippen LogP contribution in [-0.4, -0.2) is 86.6 Å². The quantitative estimate of drug-likeness (QED) is 0.301. The van der Waals surface area contributed by atoms with Crippen molar-refractivity contribution in [2.75, 3.05) is 38.2 Å². The number of piperazine rings is 1. The number of fused-ring (bicyclic) bond motifs is 2. The first kappa shape index (κ1) is 29.1. The van der Waals surface area contributed by atoms with Gasteiger partial charge in [-0.05, 0) is 70.8 Å². The maximum atomic E-state index is 14.4. The van der Waals surface area contributed by atoms with Gasteiger partial charge in [0.1, 0.15) is 17.9 Å². The fourth-order valence-electron chi connectivity index (χ4n) is 6.54. The maximum absolute atomic E-state index is 14.4. The lowest BCUT2D eigenvalue weighted by Crippen LogP contribution is -2.58. The number of aryl methyl sites for hydroxylation is 1. The largest absolute Gasteiger partial charge is 0.462 e. The molecule has 2 fully saturated rings. The molecule has 2 aromatic carbocycles. The van der Waals surface area contributed by atoms with E-state index in [4.69, 9.17) is 26.3 Å². The summed E-state index contributed by atoms with van der Waals surface area (Å²) < 4.78 is 7.77. The molecule has 2 aliphatic rings. The third kappa shape index (κ3) is 5.23. The number of benzene rings is 2. The number of ether oxygens (including phenoxy) is 1. The van der Waals surface area contributed by atoms with E-state index < -0.39 is 0 Å². The number of anilines is 1. The van der Waals surface area contributed by atoms with Crippen molar-refractivity contribution in [2.45, 2.75) is 51.7 Å². The van der Waals surface area contributed by atoms with Gasteiger partial charge in [0, 0.05) is 36.6 Å². The summed E-state index contributed by atoms with van der Waals surface area (Å²) in [5, 5.41) is 2.22. The number of rotatable bonds is 6. The summed E-state index contributed by atoms with van der Waals surface area (Å²) >= 11 is 6.65. The van der Waals surface area contributed by atoms with Gasteiger partial charge in [-0.15, -0.1) is 0 Å². The third-order valence-electron chi connectivity index (χ3n) is 8.65. The van der Waals surface area contributed by atoms with Gasteiger partial charge in [0.25, 0.3) is 5.56 Å². The van der Waals surface area contributed by atoms with Crippen molar-refractivity contribution in [1.82, 2.24) is 29.3 Å². The molecular weight excluding hydrogens is 566 g/mol. The summed E-state index contributed by atoms with van der Waals surface area (Å²) in [6.45, 7) is 11.9. The monoisotopic (exact) mass is 601 g/mol. The van der Waals surface area contributed by atoms with Crippen LogP contribution in [0.1, 0.15) is 32.5 Å². The molecule has 1 amide bonds. The Morgan fingerprint density at radius 2 is 1.81 bits per heavy atom. The molecule has 224 valence electrons. The van der Waals surface area contributed by atoms with Gasteiger partial charge in [0.2, 0.25) is 5.91 Å². The molecule has 0 N–H and O–H groups in total. The van der Waals surface area contributed by atoms with E-state index in [1.165, 1.54) is 6.08 Å². The smallest absolute Gasteiger partial charge is 0.319 e. The van der Waals surface area contributed by atoms with Gasteiger partial charge in [0.05, 0.1) is 10.7 Å². The fourth-order valence-corrected chi connectivity index (χ4v) is 6.82. The van der Waals surface area contributed by atoms with E-state index in [0.717, 1.165) is 30.2 Å². The van der Waals surface area contributed by atoms with Crippen molar-refractivity contribution in [3.63, 3.8) is 0 Å². The highest BCUT2D eigenvalue weighted by molar-refractivity contribution is 6.36. The molecular formula is C32H36ClN7O3. The number of carbonyl (C=O) groups is 1. The van der Waals surface area contributed by atoms with Crippen molar-refractivity contribution in [3.8, 4) is 11.7 Å². The van der Waals surface area contributed by atoms with Crippen LogP contribution in [0.4, 0.5) is 5.82 Å². The Kier molecular flexibility index (Phi) is 7.83. The molecule has 11 heteroatoms.